The SMILES string of the molecule is CCc1ccc(S(=O)(=O)NCC2(CBr)CCCCC2)s1. The number of hydrogen-bond donors (Lipinski definition) is 1. The summed E-state index contributed by atoms with van der Waals surface area (Å²) in [5, 5.41) is 0.868. The quantitative estimate of drug-likeness (QED) is 0.760. The summed E-state index contributed by atoms with van der Waals surface area (Å²) in [6, 6.07) is 3.62. The third-order valence-electron chi connectivity index (χ3n) is 4.09. The van der Waals surface area contributed by atoms with E-state index in [0.29, 0.717) is 10.8 Å². The molecule has 0 bridgehead atoms. The summed E-state index contributed by atoms with van der Waals surface area (Å²) in [6.45, 7) is 2.58. The number of thiophene rings is 1. The van der Waals surface area contributed by atoms with E-state index in [0.717, 1.165) is 29.5 Å². The molecule has 1 aromatic heterocycles. The van der Waals surface area contributed by atoms with E-state index < -0.39 is 10.0 Å². The Morgan fingerprint density at radius 1 is 1.30 bits per heavy atom. The van der Waals surface area contributed by atoms with E-state index in [1.807, 2.05) is 13.0 Å². The van der Waals surface area contributed by atoms with E-state index >= 15 is 0 Å². The average Bonchev–Trinajstić information content (AvgIpc) is 2.96. The zero-order valence-electron chi connectivity index (χ0n) is 11.8. The van der Waals surface area contributed by atoms with Crippen molar-refractivity contribution in [2.75, 3.05) is 11.9 Å². The van der Waals surface area contributed by atoms with Crippen molar-refractivity contribution >= 4 is 37.3 Å². The van der Waals surface area contributed by atoms with Crippen LogP contribution in [0.1, 0.15) is 43.9 Å². The van der Waals surface area contributed by atoms with E-state index in [1.165, 1.54) is 30.6 Å². The molecule has 0 spiro atoms. The van der Waals surface area contributed by atoms with Gasteiger partial charge in [-0.15, -0.1) is 11.3 Å². The van der Waals surface area contributed by atoms with Crippen LogP contribution >= 0.6 is 27.3 Å². The maximum atomic E-state index is 12.3. The van der Waals surface area contributed by atoms with Crippen molar-refractivity contribution in [1.82, 2.24) is 4.72 Å². The van der Waals surface area contributed by atoms with Crippen molar-refractivity contribution < 1.29 is 8.42 Å². The first-order valence-corrected chi connectivity index (χ1v) is 10.6. The van der Waals surface area contributed by atoms with Gasteiger partial charge in [-0.05, 0) is 36.8 Å². The van der Waals surface area contributed by atoms with Crippen LogP contribution in [0.2, 0.25) is 0 Å². The van der Waals surface area contributed by atoms with Crippen LogP contribution < -0.4 is 4.72 Å². The van der Waals surface area contributed by atoms with Crippen LogP contribution in [0.3, 0.4) is 0 Å². The van der Waals surface area contributed by atoms with Gasteiger partial charge in [0.2, 0.25) is 10.0 Å². The predicted molar refractivity (Wildman–Crippen MR) is 88.2 cm³/mol. The lowest BCUT2D eigenvalue weighted by atomic mass is 9.76. The number of halogens is 1. The van der Waals surface area contributed by atoms with Gasteiger partial charge in [0.25, 0.3) is 0 Å². The minimum absolute atomic E-state index is 0.0934. The molecule has 1 aliphatic carbocycles. The van der Waals surface area contributed by atoms with Crippen molar-refractivity contribution in [2.24, 2.45) is 5.41 Å². The normalized spacial score (nSPS) is 19.1. The van der Waals surface area contributed by atoms with E-state index in [-0.39, 0.29) is 5.41 Å². The Morgan fingerprint density at radius 3 is 2.55 bits per heavy atom. The van der Waals surface area contributed by atoms with Crippen LogP contribution in [0.25, 0.3) is 0 Å². The number of alkyl halides is 1. The molecule has 0 atom stereocenters. The summed E-state index contributed by atoms with van der Waals surface area (Å²) in [6.07, 6.45) is 6.76. The second-order valence-electron chi connectivity index (χ2n) is 5.59. The van der Waals surface area contributed by atoms with Gasteiger partial charge in [0.05, 0.1) is 0 Å². The molecule has 114 valence electrons. The molecule has 6 heteroatoms. The summed E-state index contributed by atoms with van der Waals surface area (Å²) >= 11 is 4.95. The number of nitrogens with one attached hydrogen (secondary N) is 1. The summed E-state index contributed by atoms with van der Waals surface area (Å²) in [4.78, 5) is 1.11. The third kappa shape index (κ3) is 3.84. The smallest absolute Gasteiger partial charge is 0.210 e. The van der Waals surface area contributed by atoms with Gasteiger partial charge in [-0.25, -0.2) is 13.1 Å². The van der Waals surface area contributed by atoms with Gasteiger partial charge in [0.1, 0.15) is 4.21 Å². The Hall–Kier alpha value is 0.0900. The molecule has 0 unspecified atom stereocenters. The number of sulfonamides is 1. The Labute approximate surface area is 134 Å². The Morgan fingerprint density at radius 2 is 2.00 bits per heavy atom. The average molecular weight is 380 g/mol. The fraction of sp³-hybridized carbons (Fsp3) is 0.714. The second kappa shape index (κ2) is 6.90. The van der Waals surface area contributed by atoms with Crippen LogP contribution in [-0.2, 0) is 16.4 Å². The monoisotopic (exact) mass is 379 g/mol. The zero-order valence-corrected chi connectivity index (χ0v) is 15.0. The van der Waals surface area contributed by atoms with E-state index in [2.05, 4.69) is 20.7 Å². The largest absolute Gasteiger partial charge is 0.250 e. The fourth-order valence-corrected chi connectivity index (χ4v) is 5.93. The number of rotatable bonds is 6. The lowest BCUT2D eigenvalue weighted by molar-refractivity contribution is 0.227. The molecule has 20 heavy (non-hydrogen) atoms. The molecule has 1 heterocycles. The van der Waals surface area contributed by atoms with Crippen LogP contribution in [0.15, 0.2) is 16.3 Å². The van der Waals surface area contributed by atoms with Crippen LogP contribution in [-0.4, -0.2) is 20.3 Å². The highest BCUT2D eigenvalue weighted by molar-refractivity contribution is 9.09. The van der Waals surface area contributed by atoms with Gasteiger partial charge in [-0.2, -0.15) is 0 Å². The Kier molecular flexibility index (Phi) is 5.68. The Balaban J connectivity index is 2.04. The highest BCUT2D eigenvalue weighted by Gasteiger charge is 2.32. The minimum atomic E-state index is -3.35. The molecule has 1 aliphatic rings. The van der Waals surface area contributed by atoms with E-state index in [1.54, 1.807) is 6.07 Å². The first-order chi connectivity index (χ1) is 9.51. The molecule has 0 saturated heterocycles. The molecule has 3 nitrogen and oxygen atoms in total. The molecule has 0 amide bonds. The van der Waals surface area contributed by atoms with Gasteiger partial charge in [-0.3, -0.25) is 0 Å². The first kappa shape index (κ1) is 16.5. The van der Waals surface area contributed by atoms with E-state index in [9.17, 15) is 8.42 Å². The molecular weight excluding hydrogens is 358 g/mol. The topological polar surface area (TPSA) is 46.2 Å². The van der Waals surface area contributed by atoms with Crippen molar-refractivity contribution in [3.05, 3.63) is 17.0 Å². The van der Waals surface area contributed by atoms with Crippen molar-refractivity contribution in [3.63, 3.8) is 0 Å². The van der Waals surface area contributed by atoms with Crippen LogP contribution in [0, 0.1) is 5.41 Å². The van der Waals surface area contributed by atoms with Gasteiger partial charge in [-0.1, -0.05) is 42.1 Å². The maximum Gasteiger partial charge on any atom is 0.250 e. The number of hydrogen-bond acceptors (Lipinski definition) is 3. The molecule has 1 saturated carbocycles. The minimum Gasteiger partial charge on any atom is -0.210 e. The van der Waals surface area contributed by atoms with Crippen LogP contribution in [0.4, 0.5) is 0 Å². The van der Waals surface area contributed by atoms with Crippen molar-refractivity contribution in [1.29, 1.82) is 0 Å². The molecule has 1 aromatic rings. The third-order valence-corrected chi connectivity index (χ3v) is 8.40. The highest BCUT2D eigenvalue weighted by atomic mass is 79.9. The van der Waals surface area contributed by atoms with E-state index in [4.69, 9.17) is 0 Å². The van der Waals surface area contributed by atoms with Gasteiger partial charge >= 0.3 is 0 Å². The van der Waals surface area contributed by atoms with Gasteiger partial charge in [0.15, 0.2) is 0 Å². The fourth-order valence-electron chi connectivity index (χ4n) is 2.67. The zero-order chi connectivity index (χ0) is 14.6. The molecule has 0 aromatic carbocycles. The molecule has 1 N–H and O–H groups in total. The Bertz CT molecular complexity index is 533. The molecule has 2 rings (SSSR count). The summed E-state index contributed by atoms with van der Waals surface area (Å²) < 4.78 is 28.0. The van der Waals surface area contributed by atoms with Gasteiger partial charge in [0, 0.05) is 16.8 Å². The predicted octanol–water partition coefficient (Wildman–Crippen LogP) is 3.93. The summed E-state index contributed by atoms with van der Waals surface area (Å²) in [5.74, 6) is 0. The standard InChI is InChI=1S/C14H22BrNO2S2/c1-2-12-6-7-13(19-12)20(17,18)16-11-14(10-15)8-4-3-5-9-14/h6-7,16H,2-5,8-11H2,1H3. The van der Waals surface area contributed by atoms with Crippen LogP contribution in [0.5, 0.6) is 0 Å². The molecule has 1 fully saturated rings. The maximum absolute atomic E-state index is 12.3. The lowest BCUT2D eigenvalue weighted by Gasteiger charge is -2.35. The highest BCUT2D eigenvalue weighted by Crippen LogP contribution is 2.37. The van der Waals surface area contributed by atoms with Crippen molar-refractivity contribution in [2.45, 2.75) is 49.7 Å². The molecule has 0 aliphatic heterocycles. The lowest BCUT2D eigenvalue weighted by Crippen LogP contribution is -2.39. The number of aryl methyl sites for hydroxylation is 1. The van der Waals surface area contributed by atoms with Crippen molar-refractivity contribution in [3.8, 4) is 0 Å². The second-order valence-corrected chi connectivity index (χ2v) is 9.32. The summed E-state index contributed by atoms with van der Waals surface area (Å²) in [7, 11) is -3.35. The van der Waals surface area contributed by atoms with Gasteiger partial charge < -0.3 is 0 Å². The molecule has 0 radical (unpaired) electrons. The first-order valence-electron chi connectivity index (χ1n) is 7.16. The molecular formula is C14H22BrNO2S2. The summed E-state index contributed by atoms with van der Waals surface area (Å²) in [5.41, 5.74) is 0.0934.